The average Bonchev–Trinajstić information content (AvgIpc) is 1.01. The zero-order valence-corrected chi connectivity index (χ0v) is 48.5. The van der Waals surface area contributed by atoms with Crippen molar-refractivity contribution >= 4 is 75.4 Å². The highest BCUT2D eigenvalue weighted by atomic mass is 16.5. The molecule has 0 radical (unpaired) electrons. The lowest BCUT2D eigenvalue weighted by Gasteiger charge is -2.37. The lowest BCUT2D eigenvalue weighted by atomic mass is 9.74. The van der Waals surface area contributed by atoms with Crippen LogP contribution < -0.4 is 26.0 Å². The fraction of sp³-hybridized carbons (Fsp3) is 0.597. The van der Waals surface area contributed by atoms with Gasteiger partial charge >= 0.3 is 0 Å². The van der Waals surface area contributed by atoms with Crippen molar-refractivity contribution in [2.45, 2.75) is 167 Å². The number of ether oxygens (including phenoxy) is 3. The smallest absolute Gasteiger partial charge is 0.289 e. The number of rotatable bonds is 27. The molecule has 7 atom stereocenters. The molecule has 2 aromatic carbocycles. The molecule has 0 spiro atoms. The SMILES string of the molecule is CCC[C@H](NC(=O)[C@@H]1[C@H]2CCC[C@H]2CN1C(=O)[C@@H](CC(=O)[C@@H](NC(=O)c1cnc(C(=O)CCCOCCOCCOc2cc3c4c(cccc4c2)C(=O)N(C2CCC(=O)NC2=O)C3=O)cn1)C1CCCCC1)C(C)(C)C)C(=O)C(=O)NC1CC1. The van der Waals surface area contributed by atoms with Crippen LogP contribution in [0, 0.1) is 29.1 Å². The van der Waals surface area contributed by atoms with Crippen molar-refractivity contribution in [2.75, 3.05) is 39.6 Å². The number of aromatic nitrogens is 2. The molecule has 3 aliphatic heterocycles. The molecule has 6 aliphatic rings. The van der Waals surface area contributed by atoms with E-state index in [9.17, 15) is 52.7 Å². The summed E-state index contributed by atoms with van der Waals surface area (Å²) in [5.74, 6) is -6.56. The summed E-state index contributed by atoms with van der Waals surface area (Å²) in [4.78, 5) is 160. The largest absolute Gasteiger partial charge is 0.491 e. The molecule has 3 aliphatic carbocycles. The Morgan fingerprint density at radius 3 is 2.20 bits per heavy atom. The Kier molecular flexibility index (Phi) is 19.8. The number of amides is 8. The van der Waals surface area contributed by atoms with E-state index in [4.69, 9.17) is 14.2 Å². The van der Waals surface area contributed by atoms with Crippen LogP contribution in [0.5, 0.6) is 5.75 Å². The Bertz CT molecular complexity index is 3040. The first-order valence-electron chi connectivity index (χ1n) is 30.0. The zero-order chi connectivity index (χ0) is 59.8. The number of carbonyl (C=O) groups is 11. The van der Waals surface area contributed by atoms with Gasteiger partial charge in [0.2, 0.25) is 29.4 Å². The molecule has 2 saturated heterocycles. The minimum atomic E-state index is -1.11. The number of imide groups is 2. The van der Waals surface area contributed by atoms with E-state index in [1.165, 1.54) is 18.5 Å². The van der Waals surface area contributed by atoms with Gasteiger partial charge < -0.3 is 35.1 Å². The van der Waals surface area contributed by atoms with Crippen LogP contribution in [0.25, 0.3) is 10.8 Å². The normalized spacial score (nSPS) is 21.8. The molecule has 22 nitrogen and oxygen atoms in total. The predicted molar refractivity (Wildman–Crippen MR) is 303 cm³/mol. The van der Waals surface area contributed by atoms with E-state index in [1.54, 1.807) is 29.2 Å². The first-order valence-corrected chi connectivity index (χ1v) is 30.0. The number of hydrogen-bond acceptors (Lipinski definition) is 16. The molecule has 1 unspecified atom stereocenters. The molecule has 84 heavy (non-hydrogen) atoms. The molecule has 9 rings (SSSR count). The molecule has 450 valence electrons. The summed E-state index contributed by atoms with van der Waals surface area (Å²) in [6, 6.07) is 4.34. The quantitative estimate of drug-likeness (QED) is 0.0331. The number of hydrogen-bond donors (Lipinski definition) is 4. The number of nitrogens with one attached hydrogen (secondary N) is 4. The van der Waals surface area contributed by atoms with Crippen LogP contribution in [0.1, 0.15) is 179 Å². The lowest BCUT2D eigenvalue weighted by molar-refractivity contribution is -0.148. The van der Waals surface area contributed by atoms with Gasteiger partial charge in [0, 0.05) is 55.3 Å². The first kappa shape index (κ1) is 61.2. The van der Waals surface area contributed by atoms with Crippen molar-refractivity contribution in [1.82, 2.24) is 41.0 Å². The van der Waals surface area contributed by atoms with Crippen LogP contribution in [-0.2, 0) is 43.0 Å². The van der Waals surface area contributed by atoms with Gasteiger partial charge in [0.1, 0.15) is 35.8 Å². The number of nitrogens with zero attached hydrogens (tertiary/aromatic N) is 4. The van der Waals surface area contributed by atoms with E-state index in [-0.39, 0.29) is 129 Å². The van der Waals surface area contributed by atoms with Crippen molar-refractivity contribution in [3.05, 3.63) is 65.2 Å². The Labute approximate surface area is 488 Å². The monoisotopic (exact) mass is 1160 g/mol. The van der Waals surface area contributed by atoms with Crippen molar-refractivity contribution < 1.29 is 67.0 Å². The van der Waals surface area contributed by atoms with Gasteiger partial charge in [0.25, 0.3) is 23.6 Å². The van der Waals surface area contributed by atoms with Gasteiger partial charge in [-0.05, 0) is 105 Å². The maximum absolute atomic E-state index is 15.0. The minimum absolute atomic E-state index is 0.00541. The molecule has 22 heteroatoms. The van der Waals surface area contributed by atoms with Gasteiger partial charge in [-0.3, -0.25) is 63.0 Å². The molecule has 3 saturated carbocycles. The average molecular weight is 1160 g/mol. The molecule has 4 N–H and O–H groups in total. The first-order chi connectivity index (χ1) is 40.3. The summed E-state index contributed by atoms with van der Waals surface area (Å²) in [5.41, 5.74) is -0.258. The second-order valence-corrected chi connectivity index (χ2v) is 24.4. The Morgan fingerprint density at radius 1 is 0.786 bits per heavy atom. The van der Waals surface area contributed by atoms with Crippen LogP contribution in [0.3, 0.4) is 0 Å². The van der Waals surface area contributed by atoms with Crippen molar-refractivity contribution in [2.24, 2.45) is 29.1 Å². The standard InChI is InChI=1S/C62H78N8O14/c1-5-12-44(54(74)58(78)65-38-20-21-38)66-57(77)53-40-17-10-16-37(40)34-69(53)61(81)43(62(2,3)4)31-49(72)52(35-13-7-6-8-14-35)68-55(75)46-33-63-45(32-64-46)48(71)19-11-24-82-25-26-83-27-28-84-39-29-36-15-9-18-41-51(36)42(30-39)60(80)70(59(41)79)47-22-23-50(73)67-56(47)76/h9,15,18,29-30,32-33,35,37-38,40,43-44,47,52-53H,5-8,10-14,16-17,19-28,31,34H2,1-4H3,(H,65,78)(H,66,77)(H,68,75)(H,67,73,76)/t37-,40-,43+,44-,47?,52-,53-/m0/s1. The Morgan fingerprint density at radius 2 is 1.50 bits per heavy atom. The molecule has 8 amide bonds. The third-order valence-corrected chi connectivity index (χ3v) is 17.4. The number of piperidine rings is 1. The minimum Gasteiger partial charge on any atom is -0.491 e. The van der Waals surface area contributed by atoms with Gasteiger partial charge in [0.15, 0.2) is 11.6 Å². The highest BCUT2D eigenvalue weighted by Crippen LogP contribution is 2.45. The van der Waals surface area contributed by atoms with E-state index in [0.717, 1.165) is 56.3 Å². The Balaban J connectivity index is 0.731. The van der Waals surface area contributed by atoms with Crippen molar-refractivity contribution in [3.63, 3.8) is 0 Å². The van der Waals surface area contributed by atoms with Crippen molar-refractivity contribution in [1.29, 1.82) is 0 Å². The van der Waals surface area contributed by atoms with Gasteiger partial charge in [0.05, 0.1) is 49.9 Å². The number of Topliss-reactive ketones (excluding diaryl/α,β-unsaturated/α-hetero) is 3. The molecule has 3 aromatic rings. The number of ketones is 3. The summed E-state index contributed by atoms with van der Waals surface area (Å²) in [5, 5.41) is 11.8. The van der Waals surface area contributed by atoms with Crippen LogP contribution in [0.4, 0.5) is 0 Å². The van der Waals surface area contributed by atoms with Gasteiger partial charge in [-0.25, -0.2) is 9.97 Å². The van der Waals surface area contributed by atoms with Crippen LogP contribution in [0.15, 0.2) is 42.7 Å². The molecule has 5 fully saturated rings. The fourth-order valence-corrected chi connectivity index (χ4v) is 12.7. The van der Waals surface area contributed by atoms with E-state index < -0.39 is 82.6 Å². The van der Waals surface area contributed by atoms with E-state index in [1.807, 2.05) is 27.7 Å². The second kappa shape index (κ2) is 27.1. The van der Waals surface area contributed by atoms with Gasteiger partial charge in [-0.1, -0.05) is 71.9 Å². The zero-order valence-electron chi connectivity index (χ0n) is 48.5. The highest BCUT2D eigenvalue weighted by Gasteiger charge is 2.53. The maximum Gasteiger partial charge on any atom is 0.289 e. The molecule has 4 heterocycles. The van der Waals surface area contributed by atoms with E-state index in [0.29, 0.717) is 48.8 Å². The van der Waals surface area contributed by atoms with Crippen LogP contribution in [-0.4, -0.2) is 154 Å². The number of carbonyl (C=O) groups excluding carboxylic acids is 11. The summed E-state index contributed by atoms with van der Waals surface area (Å²) in [6.45, 7) is 8.93. The third kappa shape index (κ3) is 14.2. The second-order valence-electron chi connectivity index (χ2n) is 24.4. The molecule has 1 aromatic heterocycles. The predicted octanol–water partition coefficient (Wildman–Crippen LogP) is 5.17. The lowest BCUT2D eigenvalue weighted by Crippen LogP contribution is -2.57. The highest BCUT2D eigenvalue weighted by molar-refractivity contribution is 6.38. The van der Waals surface area contributed by atoms with Crippen LogP contribution in [0.2, 0.25) is 0 Å². The summed E-state index contributed by atoms with van der Waals surface area (Å²) in [7, 11) is 0. The number of benzene rings is 2. The summed E-state index contributed by atoms with van der Waals surface area (Å²) < 4.78 is 17.3. The molecular weight excluding hydrogens is 1080 g/mol. The number of fused-ring (bicyclic) bond motifs is 1. The van der Waals surface area contributed by atoms with E-state index in [2.05, 4.69) is 31.2 Å². The molecular formula is C62H78N8O14. The van der Waals surface area contributed by atoms with E-state index >= 15 is 0 Å². The Hall–Kier alpha value is -7.33. The fourth-order valence-electron chi connectivity index (χ4n) is 12.7. The maximum atomic E-state index is 15.0. The molecule has 0 bridgehead atoms. The summed E-state index contributed by atoms with van der Waals surface area (Å²) in [6.07, 6.45) is 11.9. The van der Waals surface area contributed by atoms with Gasteiger partial charge in [-0.2, -0.15) is 0 Å². The number of likely N-dealkylation sites (tertiary alicyclic amines) is 1. The van der Waals surface area contributed by atoms with Crippen molar-refractivity contribution in [3.8, 4) is 5.75 Å². The third-order valence-electron chi connectivity index (χ3n) is 17.4. The van der Waals surface area contributed by atoms with Gasteiger partial charge in [-0.15, -0.1) is 0 Å². The summed E-state index contributed by atoms with van der Waals surface area (Å²) >= 11 is 0. The topological polar surface area (TPSA) is 296 Å². The van der Waals surface area contributed by atoms with Crippen LogP contribution >= 0.6 is 0 Å².